The highest BCUT2D eigenvalue weighted by molar-refractivity contribution is 7.89. The molecule has 0 spiro atoms. The Bertz CT molecular complexity index is 660. The highest BCUT2D eigenvalue weighted by atomic mass is 32.2. The summed E-state index contributed by atoms with van der Waals surface area (Å²) in [5.41, 5.74) is 0.354. The van der Waals surface area contributed by atoms with E-state index in [1.54, 1.807) is 12.1 Å². The number of sulfonamides is 1. The molecule has 0 aliphatic carbocycles. The van der Waals surface area contributed by atoms with Gasteiger partial charge in [-0.05, 0) is 38.5 Å². The minimum absolute atomic E-state index is 0.0443. The molecule has 1 aromatic carbocycles. The lowest BCUT2D eigenvalue weighted by Crippen LogP contribution is -2.44. The van der Waals surface area contributed by atoms with Crippen molar-refractivity contribution in [1.82, 2.24) is 9.62 Å². The number of carbonyl (C=O) groups is 1. The molecule has 1 heterocycles. The van der Waals surface area contributed by atoms with E-state index < -0.39 is 10.0 Å². The zero-order valence-electron chi connectivity index (χ0n) is 13.8. The van der Waals surface area contributed by atoms with Gasteiger partial charge in [0.25, 0.3) is 5.91 Å². The van der Waals surface area contributed by atoms with E-state index in [2.05, 4.69) is 5.32 Å². The minimum atomic E-state index is -3.61. The zero-order valence-corrected chi connectivity index (χ0v) is 14.6. The third-order valence-electron chi connectivity index (χ3n) is 3.93. The quantitative estimate of drug-likeness (QED) is 0.884. The largest absolute Gasteiger partial charge is 0.376 e. The van der Waals surface area contributed by atoms with Crippen LogP contribution in [0.2, 0.25) is 0 Å². The molecule has 128 valence electrons. The standard InChI is InChI=1S/C16H24N2O4S/c1-4-12(2)17-16(19)14-6-5-7-15(10-14)23(20,21)18-8-9-22-13(3)11-18/h5-7,10,12-13H,4,8-9,11H2,1-3H3,(H,17,19). The number of nitrogens with zero attached hydrogens (tertiary/aromatic N) is 1. The molecular formula is C16H24N2O4S. The fourth-order valence-electron chi connectivity index (χ4n) is 2.36. The average Bonchev–Trinajstić information content (AvgIpc) is 2.54. The molecule has 6 nitrogen and oxygen atoms in total. The molecular weight excluding hydrogens is 316 g/mol. The first-order chi connectivity index (χ1) is 10.8. The van der Waals surface area contributed by atoms with Crippen molar-refractivity contribution in [3.8, 4) is 0 Å². The van der Waals surface area contributed by atoms with Crippen molar-refractivity contribution >= 4 is 15.9 Å². The first kappa shape index (κ1) is 17.9. The summed E-state index contributed by atoms with van der Waals surface area (Å²) in [5.74, 6) is -0.258. The second-order valence-corrected chi connectivity index (χ2v) is 7.79. The number of nitrogens with one attached hydrogen (secondary N) is 1. The molecule has 1 fully saturated rings. The Kier molecular flexibility index (Phi) is 5.78. The van der Waals surface area contributed by atoms with Gasteiger partial charge in [-0.3, -0.25) is 4.79 Å². The van der Waals surface area contributed by atoms with Crippen molar-refractivity contribution in [2.24, 2.45) is 0 Å². The summed E-state index contributed by atoms with van der Waals surface area (Å²) in [5, 5.41) is 2.84. The first-order valence-electron chi connectivity index (χ1n) is 7.87. The van der Waals surface area contributed by atoms with Crippen LogP contribution in [-0.2, 0) is 14.8 Å². The fourth-order valence-corrected chi connectivity index (χ4v) is 3.91. The highest BCUT2D eigenvalue weighted by Gasteiger charge is 2.29. The molecule has 2 rings (SSSR count). The van der Waals surface area contributed by atoms with Crippen molar-refractivity contribution < 1.29 is 17.9 Å². The van der Waals surface area contributed by atoms with Gasteiger partial charge in [0.15, 0.2) is 0 Å². The molecule has 0 bridgehead atoms. The molecule has 1 aliphatic heterocycles. The molecule has 1 aliphatic rings. The maximum absolute atomic E-state index is 12.7. The number of rotatable bonds is 5. The van der Waals surface area contributed by atoms with E-state index in [0.717, 1.165) is 6.42 Å². The number of amides is 1. The van der Waals surface area contributed by atoms with Crippen LogP contribution in [-0.4, -0.2) is 50.5 Å². The molecule has 2 atom stereocenters. The molecule has 0 aromatic heterocycles. The molecule has 2 unspecified atom stereocenters. The van der Waals surface area contributed by atoms with Crippen LogP contribution in [0, 0.1) is 0 Å². The number of benzene rings is 1. The Hall–Kier alpha value is -1.44. The Morgan fingerprint density at radius 1 is 1.48 bits per heavy atom. The maximum Gasteiger partial charge on any atom is 0.251 e. The number of hydrogen-bond acceptors (Lipinski definition) is 4. The van der Waals surface area contributed by atoms with Crippen LogP contribution in [0.5, 0.6) is 0 Å². The van der Waals surface area contributed by atoms with Crippen LogP contribution in [0.4, 0.5) is 0 Å². The van der Waals surface area contributed by atoms with E-state index >= 15 is 0 Å². The smallest absolute Gasteiger partial charge is 0.251 e. The topological polar surface area (TPSA) is 75.7 Å². The second-order valence-electron chi connectivity index (χ2n) is 5.86. The van der Waals surface area contributed by atoms with Crippen molar-refractivity contribution in [2.75, 3.05) is 19.7 Å². The van der Waals surface area contributed by atoms with E-state index in [9.17, 15) is 13.2 Å². The molecule has 1 N–H and O–H groups in total. The van der Waals surface area contributed by atoms with Crippen LogP contribution in [0.1, 0.15) is 37.6 Å². The molecule has 0 radical (unpaired) electrons. The average molecular weight is 340 g/mol. The Morgan fingerprint density at radius 3 is 2.87 bits per heavy atom. The predicted octanol–water partition coefficient (Wildman–Crippen LogP) is 1.62. The van der Waals surface area contributed by atoms with Gasteiger partial charge < -0.3 is 10.1 Å². The SMILES string of the molecule is CCC(C)NC(=O)c1cccc(S(=O)(=O)N2CCOC(C)C2)c1. The summed E-state index contributed by atoms with van der Waals surface area (Å²) >= 11 is 0. The van der Waals surface area contributed by atoms with Crippen LogP contribution in [0.3, 0.4) is 0 Å². The summed E-state index contributed by atoms with van der Waals surface area (Å²) in [6.07, 6.45) is 0.686. The van der Waals surface area contributed by atoms with Gasteiger partial charge in [-0.25, -0.2) is 8.42 Å². The van der Waals surface area contributed by atoms with Gasteiger partial charge in [-0.1, -0.05) is 13.0 Å². The van der Waals surface area contributed by atoms with Crippen molar-refractivity contribution in [1.29, 1.82) is 0 Å². The Labute approximate surface area is 137 Å². The summed E-state index contributed by atoms with van der Waals surface area (Å²) in [4.78, 5) is 12.3. The van der Waals surface area contributed by atoms with Gasteiger partial charge >= 0.3 is 0 Å². The van der Waals surface area contributed by atoms with Crippen LogP contribution in [0.25, 0.3) is 0 Å². The summed E-state index contributed by atoms with van der Waals surface area (Å²) < 4.78 is 32.2. The number of morpholine rings is 1. The van der Waals surface area contributed by atoms with Gasteiger partial charge in [-0.15, -0.1) is 0 Å². The monoisotopic (exact) mass is 340 g/mol. The van der Waals surface area contributed by atoms with Crippen LogP contribution in [0.15, 0.2) is 29.2 Å². The number of carbonyl (C=O) groups excluding carboxylic acids is 1. The van der Waals surface area contributed by atoms with Crippen LogP contribution < -0.4 is 5.32 Å². The third kappa shape index (κ3) is 4.31. The zero-order chi connectivity index (χ0) is 17.0. The minimum Gasteiger partial charge on any atom is -0.376 e. The Balaban J connectivity index is 2.23. The van der Waals surface area contributed by atoms with E-state index in [-0.39, 0.29) is 22.9 Å². The summed E-state index contributed by atoms with van der Waals surface area (Å²) in [6, 6.07) is 6.23. The van der Waals surface area contributed by atoms with Gasteiger partial charge in [0, 0.05) is 24.7 Å². The van der Waals surface area contributed by atoms with Crippen LogP contribution >= 0.6 is 0 Å². The van der Waals surface area contributed by atoms with Crippen molar-refractivity contribution in [2.45, 2.75) is 44.2 Å². The normalized spacial score (nSPS) is 20.9. The van der Waals surface area contributed by atoms with Crippen molar-refractivity contribution in [3.05, 3.63) is 29.8 Å². The molecule has 23 heavy (non-hydrogen) atoms. The summed E-state index contributed by atoms with van der Waals surface area (Å²) in [6.45, 7) is 6.77. The molecule has 7 heteroatoms. The molecule has 1 saturated heterocycles. The summed E-state index contributed by atoms with van der Waals surface area (Å²) in [7, 11) is -3.61. The molecule has 1 amide bonds. The van der Waals surface area contributed by atoms with Gasteiger partial charge in [0.2, 0.25) is 10.0 Å². The van der Waals surface area contributed by atoms with E-state index in [1.165, 1.54) is 16.4 Å². The van der Waals surface area contributed by atoms with Gasteiger partial charge in [0.05, 0.1) is 17.6 Å². The third-order valence-corrected chi connectivity index (χ3v) is 5.79. The number of hydrogen-bond donors (Lipinski definition) is 1. The first-order valence-corrected chi connectivity index (χ1v) is 9.31. The highest BCUT2D eigenvalue weighted by Crippen LogP contribution is 2.20. The molecule has 1 aromatic rings. The lowest BCUT2D eigenvalue weighted by molar-refractivity contribution is 0.0102. The van der Waals surface area contributed by atoms with E-state index in [1.807, 2.05) is 20.8 Å². The molecule has 0 saturated carbocycles. The van der Waals surface area contributed by atoms with Gasteiger partial charge in [0.1, 0.15) is 0 Å². The lowest BCUT2D eigenvalue weighted by Gasteiger charge is -2.30. The lowest BCUT2D eigenvalue weighted by atomic mass is 10.2. The predicted molar refractivity (Wildman–Crippen MR) is 87.8 cm³/mol. The fraction of sp³-hybridized carbons (Fsp3) is 0.562. The second kappa shape index (κ2) is 7.42. The van der Waals surface area contributed by atoms with Gasteiger partial charge in [-0.2, -0.15) is 4.31 Å². The van der Waals surface area contributed by atoms with E-state index in [0.29, 0.717) is 25.3 Å². The number of ether oxygens (including phenoxy) is 1. The maximum atomic E-state index is 12.7. The van der Waals surface area contributed by atoms with Crippen molar-refractivity contribution in [3.63, 3.8) is 0 Å². The van der Waals surface area contributed by atoms with E-state index in [4.69, 9.17) is 4.74 Å². The Morgan fingerprint density at radius 2 is 2.22 bits per heavy atom.